The monoisotopic (exact) mass is 296 g/mol. The highest BCUT2D eigenvalue weighted by atomic mass is 16.5. The fourth-order valence-corrected chi connectivity index (χ4v) is 3.15. The molecule has 1 unspecified atom stereocenters. The topological polar surface area (TPSA) is 52.6 Å². The summed E-state index contributed by atoms with van der Waals surface area (Å²) < 4.78 is 11.0. The second-order valence-electron chi connectivity index (χ2n) is 7.17. The lowest BCUT2D eigenvalue weighted by Gasteiger charge is -2.29. The maximum Gasteiger partial charge on any atom is 0.319 e. The lowest BCUT2D eigenvalue weighted by molar-refractivity contribution is -0.160. The Morgan fingerprint density at radius 2 is 1.86 bits per heavy atom. The minimum Gasteiger partial charge on any atom is -0.468 e. The number of ketones is 1. The van der Waals surface area contributed by atoms with Crippen LogP contribution >= 0.6 is 0 Å². The van der Waals surface area contributed by atoms with Crippen molar-refractivity contribution in [1.29, 1.82) is 0 Å². The van der Waals surface area contributed by atoms with Gasteiger partial charge in [0.05, 0.1) is 18.8 Å². The Kier molecular flexibility index (Phi) is 5.37. The third kappa shape index (κ3) is 3.73. The minimum absolute atomic E-state index is 0.0222. The summed E-state index contributed by atoms with van der Waals surface area (Å²) >= 11 is 0. The van der Waals surface area contributed by atoms with E-state index >= 15 is 0 Å². The second-order valence-corrected chi connectivity index (χ2v) is 7.17. The standard InChI is InChI=1S/C17H28O4/c1-8-12-9-17(15(19)20-7,14(18)11(2)3)10-13(12)21-16(4,5)6/h8,11-13H,1,9-10H2,2-7H3/t12-,13-,17?/m0/s1. The van der Waals surface area contributed by atoms with E-state index in [-0.39, 0.29) is 29.3 Å². The van der Waals surface area contributed by atoms with Gasteiger partial charge in [-0.1, -0.05) is 19.9 Å². The molecule has 4 nitrogen and oxygen atoms in total. The molecule has 1 fully saturated rings. The lowest BCUT2D eigenvalue weighted by Crippen LogP contribution is -2.41. The molecule has 1 saturated carbocycles. The zero-order chi connectivity index (χ0) is 16.4. The van der Waals surface area contributed by atoms with Gasteiger partial charge in [0.25, 0.3) is 0 Å². The minimum atomic E-state index is -1.10. The molecule has 0 aromatic rings. The van der Waals surface area contributed by atoms with Crippen LogP contribution in [-0.2, 0) is 19.1 Å². The molecule has 0 bridgehead atoms. The van der Waals surface area contributed by atoms with Gasteiger partial charge >= 0.3 is 5.97 Å². The second kappa shape index (κ2) is 6.30. The van der Waals surface area contributed by atoms with E-state index in [4.69, 9.17) is 9.47 Å². The molecule has 0 aromatic carbocycles. The number of carbonyl (C=O) groups excluding carboxylic acids is 2. The number of ether oxygens (including phenoxy) is 2. The highest BCUT2D eigenvalue weighted by Crippen LogP contribution is 2.47. The van der Waals surface area contributed by atoms with Gasteiger partial charge in [0.15, 0.2) is 5.78 Å². The Hall–Kier alpha value is -1.16. The Labute approximate surface area is 127 Å². The van der Waals surface area contributed by atoms with Gasteiger partial charge in [-0.2, -0.15) is 0 Å². The van der Waals surface area contributed by atoms with Crippen LogP contribution in [0.5, 0.6) is 0 Å². The molecule has 4 heteroatoms. The molecule has 1 aliphatic rings. The zero-order valence-corrected chi connectivity index (χ0v) is 14.1. The first kappa shape index (κ1) is 17.9. The molecule has 0 saturated heterocycles. The molecule has 0 spiro atoms. The molecule has 120 valence electrons. The molecule has 1 rings (SSSR count). The SMILES string of the molecule is C=C[C@H]1CC(C(=O)OC)(C(=O)C(C)C)C[C@@H]1OC(C)(C)C. The molecule has 0 amide bonds. The van der Waals surface area contributed by atoms with Crippen LogP contribution in [0, 0.1) is 17.3 Å². The van der Waals surface area contributed by atoms with Crippen molar-refractivity contribution >= 4 is 11.8 Å². The van der Waals surface area contributed by atoms with Crippen LogP contribution in [0.1, 0.15) is 47.5 Å². The van der Waals surface area contributed by atoms with E-state index in [1.165, 1.54) is 7.11 Å². The van der Waals surface area contributed by atoms with Crippen LogP contribution < -0.4 is 0 Å². The van der Waals surface area contributed by atoms with Crippen molar-refractivity contribution in [1.82, 2.24) is 0 Å². The zero-order valence-electron chi connectivity index (χ0n) is 14.1. The number of rotatable bonds is 5. The van der Waals surface area contributed by atoms with Gasteiger partial charge in [-0.15, -0.1) is 6.58 Å². The van der Waals surface area contributed by atoms with Gasteiger partial charge in [0.1, 0.15) is 5.41 Å². The van der Waals surface area contributed by atoms with Gasteiger partial charge in [0, 0.05) is 11.8 Å². The largest absolute Gasteiger partial charge is 0.468 e. The van der Waals surface area contributed by atoms with E-state index in [0.29, 0.717) is 12.8 Å². The summed E-state index contributed by atoms with van der Waals surface area (Å²) in [5, 5.41) is 0. The van der Waals surface area contributed by atoms with Crippen molar-refractivity contribution in [3.05, 3.63) is 12.7 Å². The summed E-state index contributed by atoms with van der Waals surface area (Å²) in [5.41, 5.74) is -1.43. The summed E-state index contributed by atoms with van der Waals surface area (Å²) in [4.78, 5) is 25.0. The highest BCUT2D eigenvalue weighted by molar-refractivity contribution is 6.05. The van der Waals surface area contributed by atoms with Gasteiger partial charge in [-0.3, -0.25) is 9.59 Å². The Bertz CT molecular complexity index is 419. The highest BCUT2D eigenvalue weighted by Gasteiger charge is 2.56. The molecule has 21 heavy (non-hydrogen) atoms. The Morgan fingerprint density at radius 3 is 2.24 bits per heavy atom. The first-order chi connectivity index (χ1) is 9.57. The predicted molar refractivity (Wildman–Crippen MR) is 81.8 cm³/mol. The van der Waals surface area contributed by atoms with E-state index in [9.17, 15) is 9.59 Å². The third-order valence-corrected chi connectivity index (χ3v) is 3.99. The average Bonchev–Trinajstić information content (AvgIpc) is 2.74. The number of hydrogen-bond acceptors (Lipinski definition) is 4. The number of methoxy groups -OCH3 is 1. The fraction of sp³-hybridized carbons (Fsp3) is 0.765. The van der Waals surface area contributed by atoms with Gasteiger partial charge in [0.2, 0.25) is 0 Å². The van der Waals surface area contributed by atoms with Crippen LogP contribution in [0.3, 0.4) is 0 Å². The molecular weight excluding hydrogens is 268 g/mol. The smallest absolute Gasteiger partial charge is 0.319 e. The fourth-order valence-electron chi connectivity index (χ4n) is 3.15. The summed E-state index contributed by atoms with van der Waals surface area (Å²) in [6.45, 7) is 13.4. The van der Waals surface area contributed by atoms with Crippen LogP contribution in [0.2, 0.25) is 0 Å². The van der Waals surface area contributed by atoms with Crippen LogP contribution in [0.15, 0.2) is 12.7 Å². The van der Waals surface area contributed by atoms with E-state index < -0.39 is 11.4 Å². The van der Waals surface area contributed by atoms with E-state index in [1.54, 1.807) is 6.08 Å². The van der Waals surface area contributed by atoms with E-state index in [2.05, 4.69) is 6.58 Å². The summed E-state index contributed by atoms with van der Waals surface area (Å²) in [5.74, 6) is -0.761. The van der Waals surface area contributed by atoms with Crippen molar-refractivity contribution in [3.8, 4) is 0 Å². The summed E-state index contributed by atoms with van der Waals surface area (Å²) in [7, 11) is 1.33. The molecule has 0 aliphatic heterocycles. The maximum atomic E-state index is 12.6. The first-order valence-electron chi connectivity index (χ1n) is 7.50. The lowest BCUT2D eigenvalue weighted by atomic mass is 9.76. The Morgan fingerprint density at radius 1 is 1.29 bits per heavy atom. The van der Waals surface area contributed by atoms with E-state index in [1.807, 2.05) is 34.6 Å². The molecule has 0 heterocycles. The van der Waals surface area contributed by atoms with Gasteiger partial charge in [-0.05, 0) is 33.6 Å². The molecule has 1 aliphatic carbocycles. The van der Waals surface area contributed by atoms with Crippen LogP contribution in [0.25, 0.3) is 0 Å². The number of esters is 1. The summed E-state index contributed by atoms with van der Waals surface area (Å²) in [6, 6.07) is 0. The Balaban J connectivity index is 3.15. The summed E-state index contributed by atoms with van der Waals surface area (Å²) in [6.07, 6.45) is 2.38. The maximum absolute atomic E-state index is 12.6. The number of carbonyl (C=O) groups is 2. The van der Waals surface area contributed by atoms with Crippen molar-refractivity contribution < 1.29 is 19.1 Å². The van der Waals surface area contributed by atoms with Crippen molar-refractivity contribution in [2.45, 2.75) is 59.2 Å². The van der Waals surface area contributed by atoms with Crippen molar-refractivity contribution in [2.75, 3.05) is 7.11 Å². The molecule has 3 atom stereocenters. The third-order valence-electron chi connectivity index (χ3n) is 3.99. The molecule has 0 radical (unpaired) electrons. The van der Waals surface area contributed by atoms with Crippen LogP contribution in [0.4, 0.5) is 0 Å². The normalized spacial score (nSPS) is 29.5. The molecular formula is C17H28O4. The van der Waals surface area contributed by atoms with Crippen molar-refractivity contribution in [3.63, 3.8) is 0 Å². The first-order valence-corrected chi connectivity index (χ1v) is 7.50. The molecule has 0 N–H and O–H groups in total. The predicted octanol–water partition coefficient (Wildman–Crippen LogP) is 3.15. The average molecular weight is 296 g/mol. The number of Topliss-reactive ketones (excluding diaryl/α,β-unsaturated/α-hetero) is 1. The van der Waals surface area contributed by atoms with Crippen LogP contribution in [-0.4, -0.2) is 30.6 Å². The van der Waals surface area contributed by atoms with E-state index in [0.717, 1.165) is 0 Å². The van der Waals surface area contributed by atoms with Gasteiger partial charge < -0.3 is 9.47 Å². The number of hydrogen-bond donors (Lipinski definition) is 0. The quantitative estimate of drug-likeness (QED) is 0.444. The molecule has 0 aromatic heterocycles. The van der Waals surface area contributed by atoms with Crippen molar-refractivity contribution in [2.24, 2.45) is 17.3 Å². The van der Waals surface area contributed by atoms with Gasteiger partial charge in [-0.25, -0.2) is 0 Å².